The fourth-order valence-electron chi connectivity index (χ4n) is 3.09. The second-order valence-corrected chi connectivity index (χ2v) is 6.56. The molecule has 5 heteroatoms. The molecule has 21 heavy (non-hydrogen) atoms. The molecule has 116 valence electrons. The second-order valence-electron chi connectivity index (χ2n) is 6.56. The van der Waals surface area contributed by atoms with E-state index in [1.165, 1.54) is 0 Å². The molecule has 0 bridgehead atoms. The summed E-state index contributed by atoms with van der Waals surface area (Å²) in [6.45, 7) is 5.70. The molecule has 1 aromatic carbocycles. The van der Waals surface area contributed by atoms with Gasteiger partial charge in [-0.3, -0.25) is 4.79 Å². The van der Waals surface area contributed by atoms with Gasteiger partial charge in [0.05, 0.1) is 0 Å². The molecular weight excluding hydrogens is 288 g/mol. The summed E-state index contributed by atoms with van der Waals surface area (Å²) in [6.07, 6.45) is 1.17. The molecule has 1 saturated heterocycles. The van der Waals surface area contributed by atoms with Gasteiger partial charge in [0, 0.05) is 25.6 Å². The van der Waals surface area contributed by atoms with Crippen molar-refractivity contribution in [1.82, 2.24) is 4.90 Å². The normalized spacial score (nSPS) is 26.5. The molecule has 0 saturated carbocycles. The van der Waals surface area contributed by atoms with Gasteiger partial charge in [-0.05, 0) is 23.5 Å². The number of amides is 1. The molecule has 1 amide bonds. The van der Waals surface area contributed by atoms with Gasteiger partial charge in [0.1, 0.15) is 5.75 Å². The third-order valence-electron chi connectivity index (χ3n) is 4.55. The van der Waals surface area contributed by atoms with Crippen LogP contribution in [0.1, 0.15) is 25.8 Å². The highest BCUT2D eigenvalue weighted by Gasteiger charge is 2.39. The van der Waals surface area contributed by atoms with Gasteiger partial charge in [-0.15, -0.1) is 12.4 Å². The molecule has 3 rings (SSSR count). The van der Waals surface area contributed by atoms with Gasteiger partial charge in [-0.25, -0.2) is 0 Å². The van der Waals surface area contributed by atoms with E-state index < -0.39 is 0 Å². The summed E-state index contributed by atoms with van der Waals surface area (Å²) in [4.78, 5) is 14.5. The molecule has 4 nitrogen and oxygen atoms in total. The zero-order valence-corrected chi connectivity index (χ0v) is 13.4. The molecule has 2 N–H and O–H groups in total. The first kappa shape index (κ1) is 16.1. The number of carbonyl (C=O) groups is 1. The lowest BCUT2D eigenvalue weighted by molar-refractivity contribution is -0.141. The number of halogens is 1. The molecule has 2 atom stereocenters. The van der Waals surface area contributed by atoms with Crippen molar-refractivity contribution in [2.75, 3.05) is 13.1 Å². The van der Waals surface area contributed by atoms with Crippen molar-refractivity contribution in [1.29, 1.82) is 0 Å². The zero-order valence-electron chi connectivity index (χ0n) is 12.5. The number of nitrogens with zero attached hydrogens (tertiary/aromatic N) is 1. The highest BCUT2D eigenvalue weighted by atomic mass is 35.5. The molecular formula is C16H23ClN2O2. The predicted octanol–water partition coefficient (Wildman–Crippen LogP) is 2.00. The molecule has 0 aromatic heterocycles. The van der Waals surface area contributed by atoms with Crippen molar-refractivity contribution in [3.63, 3.8) is 0 Å². The molecule has 2 heterocycles. The number of likely N-dealkylation sites (tertiary alicyclic amines) is 1. The minimum atomic E-state index is -0.363. The van der Waals surface area contributed by atoms with Crippen LogP contribution >= 0.6 is 12.4 Å². The lowest BCUT2D eigenvalue weighted by Gasteiger charge is -2.43. The number of fused-ring (bicyclic) bond motifs is 1. The summed E-state index contributed by atoms with van der Waals surface area (Å²) >= 11 is 0. The summed E-state index contributed by atoms with van der Waals surface area (Å²) in [6, 6.07) is 8.04. The third-order valence-corrected chi connectivity index (χ3v) is 4.55. The first-order chi connectivity index (χ1) is 9.47. The highest BCUT2D eigenvalue weighted by Crippen LogP contribution is 2.32. The van der Waals surface area contributed by atoms with Crippen LogP contribution in [0.5, 0.6) is 5.75 Å². The van der Waals surface area contributed by atoms with Crippen LogP contribution in [0.4, 0.5) is 0 Å². The van der Waals surface area contributed by atoms with Crippen LogP contribution in [0.3, 0.4) is 0 Å². The van der Waals surface area contributed by atoms with Gasteiger partial charge in [-0.2, -0.15) is 0 Å². The average molecular weight is 311 g/mol. The van der Waals surface area contributed by atoms with Crippen LogP contribution in [0, 0.1) is 5.41 Å². The number of hydrogen-bond acceptors (Lipinski definition) is 3. The Hall–Kier alpha value is -1.26. The van der Waals surface area contributed by atoms with E-state index in [1.807, 2.05) is 29.2 Å². The molecule has 1 fully saturated rings. The Labute approximate surface area is 132 Å². The Balaban J connectivity index is 0.00000161. The van der Waals surface area contributed by atoms with E-state index in [0.717, 1.165) is 24.3 Å². The van der Waals surface area contributed by atoms with Gasteiger partial charge in [0.25, 0.3) is 5.91 Å². The molecule has 0 spiro atoms. The van der Waals surface area contributed by atoms with E-state index in [9.17, 15) is 4.79 Å². The number of hydrogen-bond donors (Lipinski definition) is 1. The molecule has 2 aliphatic heterocycles. The third kappa shape index (κ3) is 3.01. The number of nitrogens with two attached hydrogens (primary N) is 1. The molecule has 0 radical (unpaired) electrons. The Morgan fingerprint density at radius 1 is 1.38 bits per heavy atom. The fraction of sp³-hybridized carbons (Fsp3) is 0.562. The van der Waals surface area contributed by atoms with Crippen LogP contribution in [0.15, 0.2) is 24.3 Å². The van der Waals surface area contributed by atoms with Crippen molar-refractivity contribution in [2.45, 2.75) is 38.8 Å². The minimum Gasteiger partial charge on any atom is -0.480 e. The number of para-hydroxylation sites is 1. The van der Waals surface area contributed by atoms with Gasteiger partial charge in [0.2, 0.25) is 0 Å². The zero-order chi connectivity index (χ0) is 14.3. The number of benzene rings is 1. The summed E-state index contributed by atoms with van der Waals surface area (Å²) in [7, 11) is 0. The summed E-state index contributed by atoms with van der Waals surface area (Å²) in [5.74, 6) is 0.944. The molecule has 1 aromatic rings. The van der Waals surface area contributed by atoms with E-state index >= 15 is 0 Å². The summed E-state index contributed by atoms with van der Waals surface area (Å²) < 4.78 is 5.79. The average Bonchev–Trinajstić information content (AvgIpc) is 2.84. The van der Waals surface area contributed by atoms with Gasteiger partial charge in [0.15, 0.2) is 6.10 Å². The molecule has 0 aliphatic carbocycles. The largest absolute Gasteiger partial charge is 0.480 e. The smallest absolute Gasteiger partial charge is 0.264 e. The monoisotopic (exact) mass is 310 g/mol. The minimum absolute atomic E-state index is 0. The first-order valence-corrected chi connectivity index (χ1v) is 7.26. The van der Waals surface area contributed by atoms with Crippen LogP contribution in [0.2, 0.25) is 0 Å². The standard InChI is InChI=1S/C16H22N2O2.ClH/c1-16(2)10-18(8-7-14(16)17)15(19)13-9-11-5-3-4-6-12(11)20-13;/h3-6,13-14H,7-10,17H2,1-2H3;1H. The number of carbonyl (C=O) groups excluding carboxylic acids is 1. The maximum absolute atomic E-state index is 12.6. The summed E-state index contributed by atoms with van der Waals surface area (Å²) in [5.41, 5.74) is 7.22. The first-order valence-electron chi connectivity index (χ1n) is 7.26. The van der Waals surface area contributed by atoms with Crippen molar-refractivity contribution < 1.29 is 9.53 Å². The van der Waals surface area contributed by atoms with Crippen LogP contribution in [-0.2, 0) is 11.2 Å². The van der Waals surface area contributed by atoms with Gasteiger partial charge in [-0.1, -0.05) is 32.0 Å². The van der Waals surface area contributed by atoms with E-state index in [1.54, 1.807) is 0 Å². The Morgan fingerprint density at radius 2 is 2.10 bits per heavy atom. The fourth-order valence-corrected chi connectivity index (χ4v) is 3.09. The van der Waals surface area contributed by atoms with E-state index in [4.69, 9.17) is 10.5 Å². The van der Waals surface area contributed by atoms with Crippen molar-refractivity contribution in [3.05, 3.63) is 29.8 Å². The van der Waals surface area contributed by atoms with E-state index in [2.05, 4.69) is 13.8 Å². The van der Waals surface area contributed by atoms with Crippen LogP contribution in [0.25, 0.3) is 0 Å². The molecule has 2 aliphatic rings. The topological polar surface area (TPSA) is 55.6 Å². The van der Waals surface area contributed by atoms with E-state index in [0.29, 0.717) is 13.0 Å². The lowest BCUT2D eigenvalue weighted by atomic mass is 9.79. The van der Waals surface area contributed by atoms with Gasteiger partial charge < -0.3 is 15.4 Å². The Kier molecular flexibility index (Phi) is 4.49. The quantitative estimate of drug-likeness (QED) is 0.863. The van der Waals surface area contributed by atoms with Crippen LogP contribution in [-0.4, -0.2) is 36.0 Å². The number of rotatable bonds is 1. The summed E-state index contributed by atoms with van der Waals surface area (Å²) in [5, 5.41) is 0. The number of piperidine rings is 1. The maximum atomic E-state index is 12.6. The highest BCUT2D eigenvalue weighted by molar-refractivity contribution is 5.85. The Morgan fingerprint density at radius 3 is 2.76 bits per heavy atom. The molecule has 2 unspecified atom stereocenters. The van der Waals surface area contributed by atoms with Crippen molar-refractivity contribution in [3.8, 4) is 5.75 Å². The van der Waals surface area contributed by atoms with Crippen molar-refractivity contribution in [2.24, 2.45) is 11.1 Å². The van der Waals surface area contributed by atoms with Crippen molar-refractivity contribution >= 4 is 18.3 Å². The maximum Gasteiger partial charge on any atom is 0.264 e. The predicted molar refractivity (Wildman–Crippen MR) is 84.8 cm³/mol. The van der Waals surface area contributed by atoms with Gasteiger partial charge >= 0.3 is 0 Å². The lowest BCUT2D eigenvalue weighted by Crippen LogP contribution is -2.56. The SMILES string of the molecule is CC1(C)CN(C(=O)C2Cc3ccccc3O2)CCC1N.Cl. The van der Waals surface area contributed by atoms with E-state index in [-0.39, 0.29) is 35.9 Å². The van der Waals surface area contributed by atoms with Crippen LogP contribution < -0.4 is 10.5 Å². The number of ether oxygens (including phenoxy) is 1. The Bertz CT molecular complexity index is 508. The second kappa shape index (κ2) is 5.85.